The zero-order valence-corrected chi connectivity index (χ0v) is 85.1. The summed E-state index contributed by atoms with van der Waals surface area (Å²) in [5, 5.41) is 24.3. The van der Waals surface area contributed by atoms with E-state index in [-0.39, 0.29) is 80.3 Å². The van der Waals surface area contributed by atoms with E-state index in [1.165, 1.54) is 172 Å². The Kier molecular flexibility index (Phi) is 28.6. The third-order valence-corrected chi connectivity index (χ3v) is 29.5. The summed E-state index contributed by atoms with van der Waals surface area (Å²) < 4.78 is 5.22. The van der Waals surface area contributed by atoms with Crippen LogP contribution in [0.25, 0.3) is 172 Å². The van der Waals surface area contributed by atoms with Gasteiger partial charge in [-0.25, -0.2) is 0 Å². The minimum Gasteiger partial charge on any atom is -0.354 e. The van der Waals surface area contributed by atoms with Gasteiger partial charge in [0.05, 0.1) is 37.8 Å². The number of thiophene rings is 2. The van der Waals surface area contributed by atoms with Gasteiger partial charge in [-0.2, -0.15) is 0 Å². The summed E-state index contributed by atoms with van der Waals surface area (Å²) >= 11 is 9.99. The SMILES string of the molecule is C.C.Clc1ccc(-c2ccc3ccccc3c2-c2ccc(N(c3ccc(-c4ccccc4)cc3)c3cccc4ccccc34)cc2)cc1.[Y].[Y].c1ccc(-c2ccc(N(c3ccc(-c4c(-c5ccc(N(c6cccc7ccccc67)c6cccc7c6sc6ccccc67)cc5)ccc5ccccc45)cc3)c3cccc4ccccc34)cc2)cc1.c1ccc2c(Nc3cccc4c3sc3ccccc34)cccc2c1. The predicted molar refractivity (Wildman–Crippen MR) is 615 cm³/mol. The number of benzene rings is 24. The zero-order chi connectivity index (χ0) is 92.5. The maximum absolute atomic E-state index is 6.27. The number of nitrogens with one attached hydrogen (secondary N) is 1. The molecule has 0 amide bonds. The molecule has 0 atom stereocenters. The molecule has 0 fully saturated rings. The molecule has 0 unspecified atom stereocenters. The first-order chi connectivity index (χ1) is 68.9. The van der Waals surface area contributed by atoms with Gasteiger partial charge in [0.15, 0.2) is 0 Å². The molecule has 9 heteroatoms. The third kappa shape index (κ3) is 19.0. The maximum Gasteiger partial charge on any atom is 0.0640 e. The molecule has 0 bridgehead atoms. The number of nitrogens with zero attached hydrogens (tertiary/aromatic N) is 3. The van der Waals surface area contributed by atoms with E-state index >= 15 is 0 Å². The number of hydrogen-bond donors (Lipinski definition) is 1. The normalized spacial score (nSPS) is 11.0. The molecule has 1 N–H and O–H groups in total. The summed E-state index contributed by atoms with van der Waals surface area (Å²) in [5.41, 5.74) is 26.7. The molecule has 0 aliphatic heterocycles. The fraction of sp³-hybridized carbons (Fsp3) is 0.0149. The van der Waals surface area contributed by atoms with Crippen LogP contribution in [0.5, 0.6) is 0 Å². The fourth-order valence-electron chi connectivity index (χ4n) is 20.2. The van der Waals surface area contributed by atoms with Crippen molar-refractivity contribution >= 4 is 202 Å². The Hall–Kier alpha value is -15.0. The molecular formula is C134H97ClN4S2Y2. The van der Waals surface area contributed by atoms with E-state index in [4.69, 9.17) is 11.6 Å². The molecule has 0 saturated heterocycles. The predicted octanol–water partition coefficient (Wildman–Crippen LogP) is 40.8. The molecule has 24 aromatic carbocycles. The van der Waals surface area contributed by atoms with E-state index in [0.29, 0.717) is 0 Å². The first-order valence-corrected chi connectivity index (χ1v) is 49.2. The Bertz CT molecular complexity index is 9030. The van der Waals surface area contributed by atoms with Crippen LogP contribution >= 0.6 is 34.3 Å². The summed E-state index contributed by atoms with van der Waals surface area (Å²) in [6.45, 7) is 0. The van der Waals surface area contributed by atoms with Gasteiger partial charge in [-0.3, -0.25) is 0 Å². The van der Waals surface area contributed by atoms with Crippen LogP contribution in [0.1, 0.15) is 14.9 Å². The van der Waals surface area contributed by atoms with Gasteiger partial charge in [0, 0.05) is 157 Å². The molecule has 0 spiro atoms. The Balaban J connectivity index is 0.000000145. The van der Waals surface area contributed by atoms with Crippen LogP contribution in [-0.4, -0.2) is 0 Å². The van der Waals surface area contributed by atoms with E-state index in [9.17, 15) is 0 Å². The summed E-state index contributed by atoms with van der Waals surface area (Å²) in [7, 11) is 0. The summed E-state index contributed by atoms with van der Waals surface area (Å²) in [6, 6.07) is 192. The van der Waals surface area contributed by atoms with Gasteiger partial charge in [0.2, 0.25) is 0 Å². The van der Waals surface area contributed by atoms with E-state index < -0.39 is 0 Å². The molecular weight excluding hydrogens is 1940 g/mol. The van der Waals surface area contributed by atoms with Crippen LogP contribution in [0, 0.1) is 0 Å². The van der Waals surface area contributed by atoms with Crippen LogP contribution in [0.15, 0.2) is 534 Å². The zero-order valence-electron chi connectivity index (χ0n) is 77.0. The molecule has 2 radical (unpaired) electrons. The van der Waals surface area contributed by atoms with Gasteiger partial charge in [-0.1, -0.05) is 439 Å². The van der Waals surface area contributed by atoms with Crippen molar-refractivity contribution in [3.8, 4) is 66.8 Å². The van der Waals surface area contributed by atoms with Gasteiger partial charge in [0.1, 0.15) is 0 Å². The summed E-state index contributed by atoms with van der Waals surface area (Å²) in [6.07, 6.45) is 0. The van der Waals surface area contributed by atoms with Gasteiger partial charge in [0.25, 0.3) is 0 Å². The molecule has 26 aromatic rings. The van der Waals surface area contributed by atoms with Crippen molar-refractivity contribution in [2.24, 2.45) is 0 Å². The van der Waals surface area contributed by atoms with Gasteiger partial charge in [-0.05, 0) is 231 Å². The summed E-state index contributed by atoms with van der Waals surface area (Å²) in [5.74, 6) is 0. The second-order valence-corrected chi connectivity index (χ2v) is 37.6. The average Bonchev–Trinajstić information content (AvgIpc) is 1.73. The van der Waals surface area contributed by atoms with Crippen molar-refractivity contribution in [1.29, 1.82) is 0 Å². The smallest absolute Gasteiger partial charge is 0.0640 e. The van der Waals surface area contributed by atoms with Crippen LogP contribution in [0.4, 0.5) is 62.6 Å². The largest absolute Gasteiger partial charge is 0.354 e. The van der Waals surface area contributed by atoms with Crippen LogP contribution in [0.2, 0.25) is 5.02 Å². The number of hydrogen-bond acceptors (Lipinski definition) is 6. The molecule has 678 valence electrons. The Labute approximate surface area is 898 Å². The van der Waals surface area contributed by atoms with Crippen molar-refractivity contribution < 1.29 is 65.4 Å². The van der Waals surface area contributed by atoms with Crippen molar-refractivity contribution in [3.63, 3.8) is 0 Å². The monoisotopic (exact) mass is 2040 g/mol. The van der Waals surface area contributed by atoms with E-state index in [1.54, 1.807) is 0 Å². The minimum atomic E-state index is 0. The van der Waals surface area contributed by atoms with Gasteiger partial charge >= 0.3 is 0 Å². The average molecular weight is 2040 g/mol. The van der Waals surface area contributed by atoms with Crippen molar-refractivity contribution in [1.82, 2.24) is 0 Å². The summed E-state index contributed by atoms with van der Waals surface area (Å²) in [4.78, 5) is 7.22. The van der Waals surface area contributed by atoms with E-state index in [1.807, 2.05) is 34.8 Å². The number of fused-ring (bicyclic) bond motifs is 12. The Morgan fingerprint density at radius 2 is 0.441 bits per heavy atom. The Morgan fingerprint density at radius 3 is 0.867 bits per heavy atom. The van der Waals surface area contributed by atoms with Crippen LogP contribution < -0.4 is 20.0 Å². The second kappa shape index (κ2) is 42.8. The van der Waals surface area contributed by atoms with Gasteiger partial charge in [-0.15, -0.1) is 22.7 Å². The topological polar surface area (TPSA) is 21.8 Å². The maximum atomic E-state index is 6.27. The molecule has 2 heterocycles. The quantitative estimate of drug-likeness (QED) is 0.0981. The van der Waals surface area contributed by atoms with Crippen LogP contribution in [-0.2, 0) is 65.4 Å². The van der Waals surface area contributed by atoms with E-state index in [0.717, 1.165) is 67.3 Å². The Morgan fingerprint density at radius 1 is 0.175 bits per heavy atom. The molecule has 0 aliphatic rings. The molecule has 4 nitrogen and oxygen atoms in total. The first-order valence-electron chi connectivity index (χ1n) is 47.2. The molecule has 26 rings (SSSR count). The molecule has 143 heavy (non-hydrogen) atoms. The second-order valence-electron chi connectivity index (χ2n) is 35.1. The molecule has 0 aliphatic carbocycles. The van der Waals surface area contributed by atoms with Crippen molar-refractivity contribution in [2.75, 3.05) is 20.0 Å². The molecule has 0 saturated carbocycles. The van der Waals surface area contributed by atoms with Crippen molar-refractivity contribution in [3.05, 3.63) is 539 Å². The third-order valence-electron chi connectivity index (χ3n) is 26.9. The standard InChI is InChI=1S/C66H44N2S.C44H30ClN.C22H15NS.2CH4.2Y/c1-2-15-45(16-3-1)46-31-38-52(39-32-46)67(61-27-12-20-47-17-4-7-22-55(47)61)53-42-35-51(36-43-53)65-57-24-9-6-19-49(57)37-44-58(65)50-33-40-54(41-34-50)68(62-28-13-21-48-18-5-8-23-56(48)62)63-29-14-26-60-59-25-10-11-30-64(59)69-66(60)63;45-37-24-17-35(18-25-37)42-30-23-34-12-5-7-15-41(34)44(42)36-21-28-39(29-22-36)46(43-16-8-13-33-11-4-6-14-40(33)43)38-26-19-32(20-27-38)31-9-2-1-3-10-31;1-2-9-16-15(7-1)8-5-12-19(16)23-20-13-6-11-18-17-10-3-4-14-21(17)24-22(18)20;;;;/h1-44H;1-30H;1-14,23H;2*1H4;;. The number of anilines is 11. The fourth-order valence-corrected chi connectivity index (χ4v) is 22.7. The first kappa shape index (κ1) is 95.5. The number of halogens is 1. The number of rotatable bonds is 17. The van der Waals surface area contributed by atoms with Gasteiger partial charge < -0.3 is 20.0 Å². The van der Waals surface area contributed by atoms with Crippen molar-refractivity contribution in [2.45, 2.75) is 14.9 Å². The molecule has 2 aromatic heterocycles. The van der Waals surface area contributed by atoms with E-state index in [2.05, 4.69) is 542 Å². The van der Waals surface area contributed by atoms with Crippen LogP contribution in [0.3, 0.4) is 0 Å². The minimum absolute atomic E-state index is 0.